The van der Waals surface area contributed by atoms with Crippen LogP contribution in [0.25, 0.3) is 0 Å². The van der Waals surface area contributed by atoms with Gasteiger partial charge in [0, 0.05) is 41.8 Å². The second kappa shape index (κ2) is 6.73. The third kappa shape index (κ3) is 3.31. The van der Waals surface area contributed by atoms with Gasteiger partial charge in [0.2, 0.25) is 0 Å². The molecule has 2 aliphatic rings. The molecule has 116 valence electrons. The number of halogens is 2. The van der Waals surface area contributed by atoms with Crippen LogP contribution in [0.15, 0.2) is 22.7 Å². The maximum absolute atomic E-state index is 14.3. The molecule has 2 saturated heterocycles. The predicted octanol–water partition coefficient (Wildman–Crippen LogP) is 2.76. The molecule has 3 nitrogen and oxygen atoms in total. The summed E-state index contributed by atoms with van der Waals surface area (Å²) in [5, 5.41) is 0. The van der Waals surface area contributed by atoms with Crippen LogP contribution in [0, 0.1) is 5.82 Å². The highest BCUT2D eigenvalue weighted by atomic mass is 79.9. The summed E-state index contributed by atoms with van der Waals surface area (Å²) >= 11 is 3.32. The van der Waals surface area contributed by atoms with E-state index in [-0.39, 0.29) is 11.9 Å². The van der Waals surface area contributed by atoms with Gasteiger partial charge in [0.1, 0.15) is 5.82 Å². The van der Waals surface area contributed by atoms with Gasteiger partial charge in [-0.3, -0.25) is 9.80 Å². The van der Waals surface area contributed by atoms with Gasteiger partial charge in [-0.2, -0.15) is 0 Å². The summed E-state index contributed by atoms with van der Waals surface area (Å²) in [7, 11) is 0. The molecule has 0 radical (unpaired) electrons. The van der Waals surface area contributed by atoms with Gasteiger partial charge in [0.05, 0.1) is 0 Å². The summed E-state index contributed by atoms with van der Waals surface area (Å²) in [4.78, 5) is 4.98. The lowest BCUT2D eigenvalue weighted by molar-refractivity contribution is 0.173. The Morgan fingerprint density at radius 2 is 2.10 bits per heavy atom. The van der Waals surface area contributed by atoms with Crippen molar-refractivity contribution < 1.29 is 4.39 Å². The Bertz CT molecular complexity index is 496. The van der Waals surface area contributed by atoms with Crippen LogP contribution < -0.4 is 5.73 Å². The minimum Gasteiger partial charge on any atom is -0.329 e. The minimum atomic E-state index is -0.160. The molecule has 1 aromatic rings. The first-order chi connectivity index (χ1) is 10.2. The zero-order valence-corrected chi connectivity index (χ0v) is 13.9. The van der Waals surface area contributed by atoms with Gasteiger partial charge in [-0.15, -0.1) is 0 Å². The Kier molecular flexibility index (Phi) is 4.94. The molecule has 3 rings (SSSR count). The van der Waals surface area contributed by atoms with Gasteiger partial charge in [-0.1, -0.05) is 22.0 Å². The lowest BCUT2D eigenvalue weighted by Gasteiger charge is -2.32. The van der Waals surface area contributed by atoms with Crippen molar-refractivity contribution in [1.29, 1.82) is 0 Å². The third-order valence-electron chi connectivity index (χ3n) is 4.82. The average Bonchev–Trinajstić information content (AvgIpc) is 2.80. The first-order valence-electron chi connectivity index (χ1n) is 7.82. The highest BCUT2D eigenvalue weighted by Crippen LogP contribution is 2.29. The van der Waals surface area contributed by atoms with Crippen molar-refractivity contribution in [3.63, 3.8) is 0 Å². The quantitative estimate of drug-likeness (QED) is 0.904. The SMILES string of the molecule is NCC(c1ccc(Br)cc1F)N1CCCN2CCCC2C1. The molecule has 0 amide bonds. The zero-order valence-electron chi connectivity index (χ0n) is 12.3. The van der Waals surface area contributed by atoms with E-state index in [0.29, 0.717) is 12.6 Å². The van der Waals surface area contributed by atoms with Gasteiger partial charge in [0.15, 0.2) is 0 Å². The maximum atomic E-state index is 14.3. The Morgan fingerprint density at radius 3 is 2.86 bits per heavy atom. The molecule has 2 atom stereocenters. The van der Waals surface area contributed by atoms with E-state index < -0.39 is 0 Å². The van der Waals surface area contributed by atoms with E-state index in [9.17, 15) is 4.39 Å². The van der Waals surface area contributed by atoms with E-state index >= 15 is 0 Å². The number of nitrogens with zero attached hydrogens (tertiary/aromatic N) is 2. The molecule has 0 aromatic heterocycles. The van der Waals surface area contributed by atoms with Crippen LogP contribution in [-0.2, 0) is 0 Å². The van der Waals surface area contributed by atoms with E-state index in [2.05, 4.69) is 25.7 Å². The van der Waals surface area contributed by atoms with Crippen LogP contribution in [0.4, 0.5) is 4.39 Å². The summed E-state index contributed by atoms with van der Waals surface area (Å²) in [6.07, 6.45) is 3.69. The summed E-state index contributed by atoms with van der Waals surface area (Å²) < 4.78 is 15.1. The van der Waals surface area contributed by atoms with Gasteiger partial charge >= 0.3 is 0 Å². The number of nitrogens with two attached hydrogens (primary N) is 1. The first kappa shape index (κ1) is 15.4. The van der Waals surface area contributed by atoms with Gasteiger partial charge in [0.25, 0.3) is 0 Å². The molecule has 21 heavy (non-hydrogen) atoms. The Morgan fingerprint density at radius 1 is 1.29 bits per heavy atom. The van der Waals surface area contributed by atoms with Gasteiger partial charge < -0.3 is 5.73 Å². The predicted molar refractivity (Wildman–Crippen MR) is 86.7 cm³/mol. The van der Waals surface area contributed by atoms with Crippen LogP contribution in [0.5, 0.6) is 0 Å². The fourth-order valence-corrected chi connectivity index (χ4v) is 4.10. The Balaban J connectivity index is 1.81. The number of benzene rings is 1. The average molecular weight is 356 g/mol. The normalized spacial score (nSPS) is 25.6. The van der Waals surface area contributed by atoms with E-state index in [1.165, 1.54) is 32.0 Å². The standard InChI is InChI=1S/C16H23BrFN3/c17-12-4-5-14(15(18)9-12)16(10-19)21-8-2-7-20-6-1-3-13(20)11-21/h4-5,9,13,16H,1-3,6-8,10-11,19H2. The number of rotatable bonds is 3. The van der Waals surface area contributed by atoms with Crippen molar-refractivity contribution >= 4 is 15.9 Å². The largest absolute Gasteiger partial charge is 0.329 e. The summed E-state index contributed by atoms with van der Waals surface area (Å²) in [5.41, 5.74) is 6.73. The van der Waals surface area contributed by atoms with E-state index in [0.717, 1.165) is 29.5 Å². The smallest absolute Gasteiger partial charge is 0.129 e. The molecule has 0 saturated carbocycles. The van der Waals surface area contributed by atoms with Crippen molar-refractivity contribution in [2.45, 2.75) is 31.3 Å². The van der Waals surface area contributed by atoms with E-state index in [1.54, 1.807) is 0 Å². The highest BCUT2D eigenvalue weighted by Gasteiger charge is 2.32. The van der Waals surface area contributed by atoms with Crippen molar-refractivity contribution in [1.82, 2.24) is 9.80 Å². The molecule has 2 aliphatic heterocycles. The van der Waals surface area contributed by atoms with E-state index in [4.69, 9.17) is 5.73 Å². The summed E-state index contributed by atoms with van der Waals surface area (Å²) in [6.45, 7) is 4.87. The Labute approximate surface area is 134 Å². The van der Waals surface area contributed by atoms with Gasteiger partial charge in [-0.05, 0) is 44.5 Å². The monoisotopic (exact) mass is 355 g/mol. The number of fused-ring (bicyclic) bond motifs is 1. The molecule has 2 heterocycles. The maximum Gasteiger partial charge on any atom is 0.129 e. The number of hydrogen-bond donors (Lipinski definition) is 1. The first-order valence-corrected chi connectivity index (χ1v) is 8.61. The van der Waals surface area contributed by atoms with Crippen LogP contribution in [0.2, 0.25) is 0 Å². The molecule has 2 fully saturated rings. The molecule has 0 aliphatic carbocycles. The minimum absolute atomic E-state index is 0.0151. The molecular formula is C16H23BrFN3. The lowest BCUT2D eigenvalue weighted by Crippen LogP contribution is -2.40. The highest BCUT2D eigenvalue weighted by molar-refractivity contribution is 9.10. The number of hydrogen-bond acceptors (Lipinski definition) is 3. The Hall–Kier alpha value is -0.490. The molecule has 1 aromatic carbocycles. The van der Waals surface area contributed by atoms with Gasteiger partial charge in [-0.25, -0.2) is 4.39 Å². The molecule has 0 bridgehead atoms. The topological polar surface area (TPSA) is 32.5 Å². The van der Waals surface area contributed by atoms with Crippen LogP contribution in [-0.4, -0.2) is 48.6 Å². The fraction of sp³-hybridized carbons (Fsp3) is 0.625. The fourth-order valence-electron chi connectivity index (χ4n) is 3.76. The molecular weight excluding hydrogens is 333 g/mol. The molecule has 0 spiro atoms. The van der Waals surface area contributed by atoms with Crippen LogP contribution >= 0.6 is 15.9 Å². The molecule has 2 N–H and O–H groups in total. The van der Waals surface area contributed by atoms with Crippen molar-refractivity contribution in [2.75, 3.05) is 32.7 Å². The lowest BCUT2D eigenvalue weighted by atomic mass is 10.0. The summed E-state index contributed by atoms with van der Waals surface area (Å²) in [6, 6.07) is 5.92. The summed E-state index contributed by atoms with van der Waals surface area (Å²) in [5.74, 6) is -0.160. The molecule has 2 unspecified atom stereocenters. The van der Waals surface area contributed by atoms with Crippen molar-refractivity contribution in [3.8, 4) is 0 Å². The second-order valence-corrected chi connectivity index (χ2v) is 7.01. The van der Waals surface area contributed by atoms with Crippen molar-refractivity contribution in [2.24, 2.45) is 5.73 Å². The third-order valence-corrected chi connectivity index (χ3v) is 5.31. The van der Waals surface area contributed by atoms with Crippen LogP contribution in [0.1, 0.15) is 30.9 Å². The van der Waals surface area contributed by atoms with Crippen molar-refractivity contribution in [3.05, 3.63) is 34.1 Å². The zero-order chi connectivity index (χ0) is 14.8. The second-order valence-electron chi connectivity index (χ2n) is 6.10. The van der Waals surface area contributed by atoms with Crippen LogP contribution in [0.3, 0.4) is 0 Å². The molecule has 5 heteroatoms. The van der Waals surface area contributed by atoms with E-state index in [1.807, 2.05) is 12.1 Å².